The third kappa shape index (κ3) is 5.82. The van der Waals surface area contributed by atoms with Crippen molar-refractivity contribution in [1.29, 1.82) is 0 Å². The Balaban J connectivity index is 2.19. The molecule has 0 aliphatic rings. The van der Waals surface area contributed by atoms with Gasteiger partial charge in [-0.15, -0.1) is 0 Å². The van der Waals surface area contributed by atoms with Crippen LogP contribution in [0.4, 0.5) is 5.69 Å². The summed E-state index contributed by atoms with van der Waals surface area (Å²) in [6.07, 6.45) is 1.20. The molecule has 2 aromatic carbocycles. The van der Waals surface area contributed by atoms with Gasteiger partial charge in [0.1, 0.15) is 0 Å². The van der Waals surface area contributed by atoms with Crippen molar-refractivity contribution in [2.45, 2.75) is 40.3 Å². The van der Waals surface area contributed by atoms with E-state index in [1.807, 2.05) is 32.0 Å². The van der Waals surface area contributed by atoms with Crippen LogP contribution in [0.5, 0.6) is 0 Å². The quantitative estimate of drug-likeness (QED) is 0.786. The minimum absolute atomic E-state index is 0.0826. The predicted octanol–water partition coefficient (Wildman–Crippen LogP) is 3.74. The highest BCUT2D eigenvalue weighted by Crippen LogP contribution is 2.22. The van der Waals surface area contributed by atoms with Crippen LogP contribution in [0.25, 0.3) is 0 Å². The van der Waals surface area contributed by atoms with Crippen LogP contribution in [0.2, 0.25) is 0 Å². The van der Waals surface area contributed by atoms with E-state index in [0.29, 0.717) is 17.2 Å². The van der Waals surface area contributed by atoms with Gasteiger partial charge in [-0.2, -0.15) is 0 Å². The number of rotatable bonds is 7. The van der Waals surface area contributed by atoms with E-state index in [0.717, 1.165) is 11.1 Å². The number of nitrogens with one attached hydrogen (secondary N) is 1. The SMILES string of the molecule is Cc1cccc(N(Cc2ccc(C(=O)N[C@@H](C)C(C)C)cc2)S(C)(=O)=O)c1. The van der Waals surface area contributed by atoms with Gasteiger partial charge in [-0.3, -0.25) is 9.10 Å². The maximum atomic E-state index is 12.3. The van der Waals surface area contributed by atoms with Gasteiger partial charge in [0.15, 0.2) is 0 Å². The second-order valence-electron chi connectivity index (χ2n) is 7.31. The summed E-state index contributed by atoms with van der Waals surface area (Å²) in [7, 11) is -3.43. The molecule has 1 atom stereocenters. The summed E-state index contributed by atoms with van der Waals surface area (Å²) in [4.78, 5) is 12.3. The zero-order valence-electron chi connectivity index (χ0n) is 16.6. The van der Waals surface area contributed by atoms with Crippen molar-refractivity contribution in [2.75, 3.05) is 10.6 Å². The number of sulfonamides is 1. The Morgan fingerprint density at radius 1 is 1.07 bits per heavy atom. The fourth-order valence-electron chi connectivity index (χ4n) is 2.57. The van der Waals surface area contributed by atoms with Gasteiger partial charge in [-0.05, 0) is 55.2 Å². The zero-order valence-corrected chi connectivity index (χ0v) is 17.4. The Labute approximate surface area is 162 Å². The molecule has 146 valence electrons. The van der Waals surface area contributed by atoms with Crippen molar-refractivity contribution in [1.82, 2.24) is 5.32 Å². The predicted molar refractivity (Wildman–Crippen MR) is 110 cm³/mol. The molecule has 0 aliphatic carbocycles. The summed E-state index contributed by atoms with van der Waals surface area (Å²) in [6.45, 7) is 8.23. The number of benzene rings is 2. The molecule has 0 aromatic heterocycles. The Kier molecular flexibility index (Phi) is 6.65. The molecule has 1 N–H and O–H groups in total. The van der Waals surface area contributed by atoms with Crippen molar-refractivity contribution < 1.29 is 13.2 Å². The van der Waals surface area contributed by atoms with Crippen LogP contribution in [0.3, 0.4) is 0 Å². The highest BCUT2D eigenvalue weighted by atomic mass is 32.2. The van der Waals surface area contributed by atoms with Gasteiger partial charge in [-0.1, -0.05) is 38.1 Å². The molecule has 0 saturated carbocycles. The van der Waals surface area contributed by atoms with Gasteiger partial charge in [0.25, 0.3) is 5.91 Å². The molecule has 5 nitrogen and oxygen atoms in total. The molecule has 0 fully saturated rings. The fourth-order valence-corrected chi connectivity index (χ4v) is 3.45. The lowest BCUT2D eigenvalue weighted by atomic mass is 10.1. The van der Waals surface area contributed by atoms with Crippen molar-refractivity contribution in [3.63, 3.8) is 0 Å². The Morgan fingerprint density at radius 3 is 2.22 bits per heavy atom. The van der Waals surface area contributed by atoms with Gasteiger partial charge in [0, 0.05) is 11.6 Å². The molecular formula is C21H28N2O3S. The summed E-state index contributed by atoms with van der Waals surface area (Å²) in [6, 6.07) is 14.5. The lowest BCUT2D eigenvalue weighted by Crippen LogP contribution is -2.36. The summed E-state index contributed by atoms with van der Waals surface area (Å²) in [5, 5.41) is 2.97. The standard InChI is InChI=1S/C21H28N2O3S/c1-15(2)17(4)22-21(24)19-11-9-18(10-12-19)14-23(27(5,25)26)20-8-6-7-16(3)13-20/h6-13,15,17H,14H2,1-5H3,(H,22,24)/t17-/m0/s1. The van der Waals surface area contributed by atoms with Crippen molar-refractivity contribution >= 4 is 21.6 Å². The molecule has 6 heteroatoms. The van der Waals surface area contributed by atoms with E-state index in [4.69, 9.17) is 0 Å². The maximum absolute atomic E-state index is 12.3. The Bertz CT molecular complexity index is 890. The average Bonchev–Trinajstić information content (AvgIpc) is 2.59. The van der Waals surface area contributed by atoms with E-state index in [1.165, 1.54) is 10.6 Å². The number of carbonyl (C=O) groups is 1. The van der Waals surface area contributed by atoms with E-state index in [-0.39, 0.29) is 18.5 Å². The number of hydrogen-bond acceptors (Lipinski definition) is 3. The molecule has 0 unspecified atom stereocenters. The molecule has 0 aliphatic heterocycles. The monoisotopic (exact) mass is 388 g/mol. The second-order valence-corrected chi connectivity index (χ2v) is 9.22. The van der Waals surface area contributed by atoms with Crippen LogP contribution in [0, 0.1) is 12.8 Å². The smallest absolute Gasteiger partial charge is 0.251 e. The van der Waals surface area contributed by atoms with E-state index in [9.17, 15) is 13.2 Å². The van der Waals surface area contributed by atoms with Crippen molar-refractivity contribution in [3.8, 4) is 0 Å². The largest absolute Gasteiger partial charge is 0.349 e. The van der Waals surface area contributed by atoms with E-state index in [2.05, 4.69) is 19.2 Å². The lowest BCUT2D eigenvalue weighted by molar-refractivity contribution is 0.0930. The van der Waals surface area contributed by atoms with E-state index >= 15 is 0 Å². The number of nitrogens with zero attached hydrogens (tertiary/aromatic N) is 1. The molecule has 0 bridgehead atoms. The minimum Gasteiger partial charge on any atom is -0.349 e. The van der Waals surface area contributed by atoms with Crippen LogP contribution < -0.4 is 9.62 Å². The highest BCUT2D eigenvalue weighted by molar-refractivity contribution is 7.92. The summed E-state index contributed by atoms with van der Waals surface area (Å²) >= 11 is 0. The van der Waals surface area contributed by atoms with Crippen LogP contribution in [0.15, 0.2) is 48.5 Å². The summed E-state index contributed by atoms with van der Waals surface area (Å²) in [5.41, 5.74) is 3.00. The maximum Gasteiger partial charge on any atom is 0.251 e. The van der Waals surface area contributed by atoms with Crippen LogP contribution >= 0.6 is 0 Å². The molecule has 1 amide bonds. The third-order valence-corrected chi connectivity index (χ3v) is 5.73. The number of amides is 1. The first-order valence-corrected chi connectivity index (χ1v) is 10.9. The number of hydrogen-bond donors (Lipinski definition) is 1. The summed E-state index contributed by atoms with van der Waals surface area (Å²) < 4.78 is 25.9. The van der Waals surface area contributed by atoms with Gasteiger partial charge in [-0.25, -0.2) is 8.42 Å². The zero-order chi connectivity index (χ0) is 20.2. The minimum atomic E-state index is -3.43. The van der Waals surface area contributed by atoms with Gasteiger partial charge in [0.05, 0.1) is 18.5 Å². The van der Waals surface area contributed by atoms with Crippen LogP contribution in [-0.4, -0.2) is 26.6 Å². The van der Waals surface area contributed by atoms with Crippen LogP contribution in [-0.2, 0) is 16.6 Å². The first kappa shape index (κ1) is 21.0. The van der Waals surface area contributed by atoms with Gasteiger partial charge >= 0.3 is 0 Å². The van der Waals surface area contributed by atoms with Crippen LogP contribution in [0.1, 0.15) is 42.3 Å². The average molecular weight is 389 g/mol. The third-order valence-electron chi connectivity index (χ3n) is 4.59. The first-order valence-electron chi connectivity index (χ1n) is 9.02. The first-order chi connectivity index (χ1) is 12.6. The second kappa shape index (κ2) is 8.57. The highest BCUT2D eigenvalue weighted by Gasteiger charge is 2.18. The molecule has 0 heterocycles. The number of carbonyl (C=O) groups excluding carboxylic acids is 1. The van der Waals surface area contributed by atoms with Crippen molar-refractivity contribution in [3.05, 3.63) is 65.2 Å². The molecule has 2 aromatic rings. The number of aryl methyl sites for hydroxylation is 1. The fraction of sp³-hybridized carbons (Fsp3) is 0.381. The molecule has 0 spiro atoms. The van der Waals surface area contributed by atoms with E-state index < -0.39 is 10.0 Å². The number of anilines is 1. The molecule has 2 rings (SSSR count). The molecule has 0 radical (unpaired) electrons. The summed E-state index contributed by atoms with van der Waals surface area (Å²) in [5.74, 6) is 0.229. The van der Waals surface area contributed by atoms with Gasteiger partial charge < -0.3 is 5.32 Å². The Hall–Kier alpha value is -2.34. The van der Waals surface area contributed by atoms with Crippen molar-refractivity contribution in [2.24, 2.45) is 5.92 Å². The Morgan fingerprint density at radius 2 is 1.70 bits per heavy atom. The van der Waals surface area contributed by atoms with Gasteiger partial charge in [0.2, 0.25) is 10.0 Å². The molecular weight excluding hydrogens is 360 g/mol. The normalized spacial score (nSPS) is 12.7. The topological polar surface area (TPSA) is 66.5 Å². The molecule has 0 saturated heterocycles. The lowest BCUT2D eigenvalue weighted by Gasteiger charge is -2.23. The van der Waals surface area contributed by atoms with E-state index in [1.54, 1.807) is 30.3 Å². The molecule has 27 heavy (non-hydrogen) atoms.